The molecule has 0 spiro atoms. The summed E-state index contributed by atoms with van der Waals surface area (Å²) >= 11 is 0. The molecule has 9 heteroatoms. The maximum Gasteiger partial charge on any atom is 0.262 e. The van der Waals surface area contributed by atoms with Crippen LogP contribution in [0.2, 0.25) is 0 Å². The third-order valence-electron chi connectivity index (χ3n) is 6.46. The van der Waals surface area contributed by atoms with Crippen molar-refractivity contribution in [2.45, 2.75) is 51.0 Å². The van der Waals surface area contributed by atoms with Gasteiger partial charge in [-0.25, -0.2) is 13.4 Å². The van der Waals surface area contributed by atoms with Gasteiger partial charge in [-0.2, -0.15) is 0 Å². The molecule has 4 rings (SSSR count). The molecule has 2 aliphatic heterocycles. The second-order valence-corrected chi connectivity index (χ2v) is 10.7. The lowest BCUT2D eigenvalue weighted by molar-refractivity contribution is 0.0636. The van der Waals surface area contributed by atoms with Crippen LogP contribution in [0, 0.1) is 13.8 Å². The summed E-state index contributed by atoms with van der Waals surface area (Å²) < 4.78 is 28.9. The van der Waals surface area contributed by atoms with Crippen LogP contribution in [0.4, 0.5) is 11.5 Å². The van der Waals surface area contributed by atoms with E-state index in [2.05, 4.69) is 26.8 Å². The molecule has 0 bridgehead atoms. The molecule has 8 nitrogen and oxygen atoms in total. The van der Waals surface area contributed by atoms with Crippen molar-refractivity contribution in [2.24, 2.45) is 0 Å². The highest BCUT2D eigenvalue weighted by Gasteiger charge is 2.29. The van der Waals surface area contributed by atoms with Gasteiger partial charge in [0.05, 0.1) is 22.3 Å². The zero-order valence-corrected chi connectivity index (χ0v) is 20.4. The summed E-state index contributed by atoms with van der Waals surface area (Å²) in [5.74, 6) is 0.532. The average molecular weight is 472 g/mol. The first kappa shape index (κ1) is 23.5. The number of likely N-dealkylation sites (tertiary alicyclic amines) is 1. The molecule has 0 aliphatic carbocycles. The minimum atomic E-state index is -3.82. The largest absolute Gasteiger partial charge is 0.353 e. The Balaban J connectivity index is 1.70. The van der Waals surface area contributed by atoms with E-state index in [9.17, 15) is 13.2 Å². The number of benzene rings is 1. The van der Waals surface area contributed by atoms with Gasteiger partial charge in [-0.1, -0.05) is 12.1 Å². The van der Waals surface area contributed by atoms with Crippen LogP contribution in [-0.2, 0) is 10.0 Å². The molecule has 2 aliphatic rings. The predicted octanol–water partition coefficient (Wildman–Crippen LogP) is 2.92. The van der Waals surface area contributed by atoms with Crippen molar-refractivity contribution >= 4 is 27.4 Å². The molecule has 0 unspecified atom stereocenters. The molecule has 3 heterocycles. The molecule has 1 aromatic carbocycles. The summed E-state index contributed by atoms with van der Waals surface area (Å²) in [5.41, 5.74) is 2.27. The van der Waals surface area contributed by atoms with Gasteiger partial charge in [0.15, 0.2) is 0 Å². The van der Waals surface area contributed by atoms with Crippen molar-refractivity contribution in [3.8, 4) is 0 Å². The van der Waals surface area contributed by atoms with Gasteiger partial charge < -0.3 is 15.1 Å². The lowest BCUT2D eigenvalue weighted by Crippen LogP contribution is -2.46. The Bertz CT molecular complexity index is 1130. The lowest BCUT2D eigenvalue weighted by Gasteiger charge is -2.35. The van der Waals surface area contributed by atoms with E-state index in [0.717, 1.165) is 51.0 Å². The van der Waals surface area contributed by atoms with Gasteiger partial charge in [0.25, 0.3) is 15.9 Å². The van der Waals surface area contributed by atoms with E-state index in [1.165, 1.54) is 6.20 Å². The van der Waals surface area contributed by atoms with Crippen LogP contribution in [0.25, 0.3) is 0 Å². The summed E-state index contributed by atoms with van der Waals surface area (Å²) in [6, 6.07) is 7.13. The highest BCUT2D eigenvalue weighted by molar-refractivity contribution is 7.92. The molecule has 2 N–H and O–H groups in total. The van der Waals surface area contributed by atoms with Crippen LogP contribution in [0.5, 0.6) is 0 Å². The first-order valence-corrected chi connectivity index (χ1v) is 13.1. The molecule has 1 aromatic heterocycles. The number of sulfonamides is 1. The molecule has 0 saturated carbocycles. The second-order valence-electron chi connectivity index (χ2n) is 9.05. The fourth-order valence-electron chi connectivity index (χ4n) is 4.56. The van der Waals surface area contributed by atoms with Crippen LogP contribution in [0.15, 0.2) is 35.4 Å². The molecule has 1 amide bonds. The molecule has 1 atom stereocenters. The Morgan fingerprint density at radius 3 is 2.61 bits per heavy atom. The number of nitrogens with one attached hydrogen (secondary N) is 2. The number of carbonyl (C=O) groups excluding carboxylic acids is 1. The molecular formula is C24H33N5O3S. The molecule has 0 radical (unpaired) electrons. The Hall–Kier alpha value is -2.65. The topological polar surface area (TPSA) is 94.6 Å². The van der Waals surface area contributed by atoms with Gasteiger partial charge >= 0.3 is 0 Å². The summed E-state index contributed by atoms with van der Waals surface area (Å²) in [4.78, 5) is 22.4. The predicted molar refractivity (Wildman–Crippen MR) is 130 cm³/mol. The minimum Gasteiger partial charge on any atom is -0.353 e. The zero-order valence-electron chi connectivity index (χ0n) is 19.6. The number of nitrogens with zero attached hydrogens (tertiary/aromatic N) is 3. The number of pyridine rings is 1. The van der Waals surface area contributed by atoms with Gasteiger partial charge in [-0.3, -0.25) is 9.52 Å². The van der Waals surface area contributed by atoms with Crippen molar-refractivity contribution in [3.05, 3.63) is 47.2 Å². The molecule has 2 saturated heterocycles. The number of aromatic nitrogens is 1. The first-order chi connectivity index (χ1) is 15.8. The van der Waals surface area contributed by atoms with Crippen LogP contribution in [0.3, 0.4) is 0 Å². The maximum atomic E-state index is 13.6. The summed E-state index contributed by atoms with van der Waals surface area (Å²) in [7, 11) is -3.82. The number of rotatable bonds is 5. The quantitative estimate of drug-likeness (QED) is 0.696. The second kappa shape index (κ2) is 9.69. The van der Waals surface area contributed by atoms with Gasteiger partial charge in [0, 0.05) is 38.8 Å². The molecule has 178 valence electrons. The number of piperazine rings is 1. The number of piperidine rings is 1. The van der Waals surface area contributed by atoms with Crippen molar-refractivity contribution in [1.29, 1.82) is 0 Å². The van der Waals surface area contributed by atoms with Crippen molar-refractivity contribution < 1.29 is 13.2 Å². The monoisotopic (exact) mass is 471 g/mol. The third-order valence-corrected chi connectivity index (χ3v) is 7.99. The molecular weight excluding hydrogens is 438 g/mol. The number of carbonyl (C=O) groups is 1. The Labute approximate surface area is 196 Å². The zero-order chi connectivity index (χ0) is 23.6. The maximum absolute atomic E-state index is 13.6. The van der Waals surface area contributed by atoms with Gasteiger partial charge in [-0.05, 0) is 63.3 Å². The van der Waals surface area contributed by atoms with E-state index in [1.807, 2.05) is 17.9 Å². The number of aryl methyl sites for hydroxylation is 2. The van der Waals surface area contributed by atoms with Crippen molar-refractivity contribution in [2.75, 3.05) is 42.3 Å². The Morgan fingerprint density at radius 1 is 1.12 bits per heavy atom. The number of amides is 1. The fraction of sp³-hybridized carbons (Fsp3) is 0.500. The fourth-order valence-corrected chi connectivity index (χ4v) is 5.93. The average Bonchev–Trinajstić information content (AvgIpc) is 2.81. The summed E-state index contributed by atoms with van der Waals surface area (Å²) in [5, 5.41) is 3.32. The molecule has 33 heavy (non-hydrogen) atoms. The molecule has 2 fully saturated rings. The summed E-state index contributed by atoms with van der Waals surface area (Å²) in [6.07, 6.45) is 4.58. The minimum absolute atomic E-state index is 0.0870. The number of anilines is 2. The van der Waals surface area contributed by atoms with E-state index >= 15 is 0 Å². The number of hydrogen-bond donors (Lipinski definition) is 2. The third kappa shape index (κ3) is 5.14. The van der Waals surface area contributed by atoms with Crippen LogP contribution in [-0.4, -0.2) is 63.0 Å². The SMILES string of the molecule is Cc1ccc(C)c(S(=O)(=O)Nc2cnc(N3CCNCC3)c(C(=O)N3CCCC[C@@H]3C)c2)c1. The van der Waals surface area contributed by atoms with E-state index < -0.39 is 10.0 Å². The number of hydrogen-bond acceptors (Lipinski definition) is 6. The highest BCUT2D eigenvalue weighted by atomic mass is 32.2. The summed E-state index contributed by atoms with van der Waals surface area (Å²) in [6.45, 7) is 9.53. The Morgan fingerprint density at radius 2 is 1.88 bits per heavy atom. The van der Waals surface area contributed by atoms with E-state index in [-0.39, 0.29) is 16.8 Å². The van der Waals surface area contributed by atoms with Crippen molar-refractivity contribution in [3.63, 3.8) is 0 Å². The van der Waals surface area contributed by atoms with Gasteiger partial charge in [-0.15, -0.1) is 0 Å². The van der Waals surface area contributed by atoms with Crippen LogP contribution in [0.1, 0.15) is 47.7 Å². The van der Waals surface area contributed by atoms with Gasteiger partial charge in [0.1, 0.15) is 5.82 Å². The van der Waals surface area contributed by atoms with Crippen LogP contribution < -0.4 is 14.9 Å². The van der Waals surface area contributed by atoms with Crippen molar-refractivity contribution in [1.82, 2.24) is 15.2 Å². The lowest BCUT2D eigenvalue weighted by atomic mass is 10.0. The smallest absolute Gasteiger partial charge is 0.262 e. The van der Waals surface area contributed by atoms with E-state index in [1.54, 1.807) is 25.1 Å². The Kier molecular flexibility index (Phi) is 6.90. The van der Waals surface area contributed by atoms with Gasteiger partial charge in [0.2, 0.25) is 0 Å². The van der Waals surface area contributed by atoms with E-state index in [0.29, 0.717) is 29.2 Å². The van der Waals surface area contributed by atoms with E-state index in [4.69, 9.17) is 0 Å². The molecule has 2 aromatic rings. The first-order valence-electron chi connectivity index (χ1n) is 11.6. The standard InChI is InChI=1S/C24H33N5O3S/c1-17-7-8-18(2)22(14-17)33(31,32)27-20-15-21(24(30)29-11-5-4-6-19(29)3)23(26-16-20)28-12-9-25-10-13-28/h7-8,14-16,19,25,27H,4-6,9-13H2,1-3H3/t19-/m0/s1. The normalized spacial score (nSPS) is 19.4. The highest BCUT2D eigenvalue weighted by Crippen LogP contribution is 2.28. The van der Waals surface area contributed by atoms with Crippen LogP contribution >= 0.6 is 0 Å².